The molecular weight excluding hydrogens is 246 g/mol. The molecule has 5 nitrogen and oxygen atoms in total. The summed E-state index contributed by atoms with van der Waals surface area (Å²) in [5.74, 6) is -0.871. The predicted octanol–water partition coefficient (Wildman–Crippen LogP) is 1.76. The average Bonchev–Trinajstić information content (AvgIpc) is 2.38. The number of ether oxygens (including phenoxy) is 1. The van der Waals surface area contributed by atoms with E-state index in [4.69, 9.17) is 9.84 Å². The quantitative estimate of drug-likeness (QED) is 0.851. The van der Waals surface area contributed by atoms with Gasteiger partial charge in [0.1, 0.15) is 5.75 Å². The van der Waals surface area contributed by atoms with Crippen LogP contribution in [0.3, 0.4) is 0 Å². The highest BCUT2D eigenvalue weighted by Crippen LogP contribution is 2.14. The lowest BCUT2D eigenvalue weighted by Crippen LogP contribution is -2.34. The SMILES string of the molecule is COc1ccc(CN(CC(C)C(=O)O)C(C)=O)cc1. The molecule has 0 saturated heterocycles. The van der Waals surface area contributed by atoms with Gasteiger partial charge in [-0.3, -0.25) is 9.59 Å². The van der Waals surface area contributed by atoms with E-state index in [1.54, 1.807) is 14.0 Å². The zero-order valence-electron chi connectivity index (χ0n) is 11.4. The number of hydrogen-bond acceptors (Lipinski definition) is 3. The largest absolute Gasteiger partial charge is 0.497 e. The molecule has 0 aromatic heterocycles. The van der Waals surface area contributed by atoms with Crippen LogP contribution in [0.5, 0.6) is 5.75 Å². The van der Waals surface area contributed by atoms with Crippen molar-refractivity contribution in [3.63, 3.8) is 0 Å². The Hall–Kier alpha value is -2.04. The fourth-order valence-corrected chi connectivity index (χ4v) is 1.66. The zero-order chi connectivity index (χ0) is 14.4. The summed E-state index contributed by atoms with van der Waals surface area (Å²) in [5, 5.41) is 8.89. The number of methoxy groups -OCH3 is 1. The molecule has 0 radical (unpaired) electrons. The molecule has 1 atom stereocenters. The van der Waals surface area contributed by atoms with Gasteiger partial charge in [0, 0.05) is 20.0 Å². The molecule has 0 spiro atoms. The molecule has 1 rings (SSSR count). The minimum absolute atomic E-state index is 0.135. The summed E-state index contributed by atoms with van der Waals surface area (Å²) in [6.07, 6.45) is 0. The molecule has 0 heterocycles. The second kappa shape index (κ2) is 6.78. The summed E-state index contributed by atoms with van der Waals surface area (Å²) in [5.41, 5.74) is 0.939. The van der Waals surface area contributed by atoms with Crippen LogP contribution in [0.4, 0.5) is 0 Å². The van der Waals surface area contributed by atoms with Crippen LogP contribution in [-0.2, 0) is 16.1 Å². The summed E-state index contributed by atoms with van der Waals surface area (Å²) in [6, 6.07) is 7.35. The van der Waals surface area contributed by atoms with Gasteiger partial charge >= 0.3 is 5.97 Å². The molecule has 104 valence electrons. The predicted molar refractivity (Wildman–Crippen MR) is 70.9 cm³/mol. The van der Waals surface area contributed by atoms with E-state index in [1.165, 1.54) is 11.8 Å². The van der Waals surface area contributed by atoms with Gasteiger partial charge in [0.2, 0.25) is 5.91 Å². The average molecular weight is 265 g/mol. The van der Waals surface area contributed by atoms with Gasteiger partial charge in [-0.05, 0) is 17.7 Å². The topological polar surface area (TPSA) is 66.8 Å². The fourth-order valence-electron chi connectivity index (χ4n) is 1.66. The van der Waals surface area contributed by atoms with Crippen molar-refractivity contribution in [1.82, 2.24) is 4.90 Å². The van der Waals surface area contributed by atoms with Crippen molar-refractivity contribution < 1.29 is 19.4 Å². The van der Waals surface area contributed by atoms with E-state index < -0.39 is 11.9 Å². The van der Waals surface area contributed by atoms with E-state index in [-0.39, 0.29) is 12.5 Å². The van der Waals surface area contributed by atoms with Crippen LogP contribution >= 0.6 is 0 Å². The number of carbonyl (C=O) groups is 2. The van der Waals surface area contributed by atoms with E-state index >= 15 is 0 Å². The molecule has 1 aromatic carbocycles. The Labute approximate surface area is 112 Å². The number of rotatable bonds is 6. The van der Waals surface area contributed by atoms with Crippen LogP contribution in [0.25, 0.3) is 0 Å². The Kier molecular flexibility index (Phi) is 5.36. The lowest BCUT2D eigenvalue weighted by atomic mass is 10.1. The maximum Gasteiger partial charge on any atom is 0.308 e. The third-order valence-corrected chi connectivity index (χ3v) is 2.89. The minimum atomic E-state index is -0.902. The number of carbonyl (C=O) groups excluding carboxylic acids is 1. The Morgan fingerprint density at radius 2 is 1.89 bits per heavy atom. The highest BCUT2D eigenvalue weighted by molar-refractivity contribution is 5.75. The van der Waals surface area contributed by atoms with Crippen molar-refractivity contribution in [3.8, 4) is 5.75 Å². The number of aliphatic carboxylic acids is 1. The fraction of sp³-hybridized carbons (Fsp3) is 0.429. The van der Waals surface area contributed by atoms with E-state index in [0.29, 0.717) is 6.54 Å². The number of amides is 1. The van der Waals surface area contributed by atoms with Gasteiger partial charge in [-0.25, -0.2) is 0 Å². The van der Waals surface area contributed by atoms with Gasteiger partial charge in [0.05, 0.1) is 13.0 Å². The van der Waals surface area contributed by atoms with Crippen LogP contribution < -0.4 is 4.74 Å². The van der Waals surface area contributed by atoms with Gasteiger partial charge in [0.15, 0.2) is 0 Å². The Morgan fingerprint density at radius 1 is 1.32 bits per heavy atom. The van der Waals surface area contributed by atoms with Crippen molar-refractivity contribution in [2.24, 2.45) is 5.92 Å². The molecule has 19 heavy (non-hydrogen) atoms. The highest BCUT2D eigenvalue weighted by Gasteiger charge is 2.18. The van der Waals surface area contributed by atoms with Crippen molar-refractivity contribution in [3.05, 3.63) is 29.8 Å². The first-order valence-corrected chi connectivity index (χ1v) is 6.05. The monoisotopic (exact) mass is 265 g/mol. The number of carboxylic acid groups (broad SMARTS) is 1. The van der Waals surface area contributed by atoms with Crippen molar-refractivity contribution >= 4 is 11.9 Å². The second-order valence-electron chi connectivity index (χ2n) is 4.49. The Bertz CT molecular complexity index is 441. The number of benzene rings is 1. The molecule has 0 aliphatic rings. The molecular formula is C14H19NO4. The third kappa shape index (κ3) is 4.62. The molecule has 5 heteroatoms. The highest BCUT2D eigenvalue weighted by atomic mass is 16.5. The maximum absolute atomic E-state index is 11.5. The van der Waals surface area contributed by atoms with Crippen molar-refractivity contribution in [2.75, 3.05) is 13.7 Å². The smallest absolute Gasteiger partial charge is 0.308 e. The lowest BCUT2D eigenvalue weighted by Gasteiger charge is -2.23. The molecule has 0 fully saturated rings. The summed E-state index contributed by atoms with van der Waals surface area (Å²) >= 11 is 0. The standard InChI is InChI=1S/C14H19NO4/c1-10(14(17)18)8-15(11(2)16)9-12-4-6-13(19-3)7-5-12/h4-7,10H,8-9H2,1-3H3,(H,17,18). The molecule has 1 aromatic rings. The number of hydrogen-bond donors (Lipinski definition) is 1. The zero-order valence-corrected chi connectivity index (χ0v) is 11.4. The molecule has 0 saturated carbocycles. The first kappa shape index (κ1) is 15.0. The first-order valence-electron chi connectivity index (χ1n) is 6.05. The minimum Gasteiger partial charge on any atom is -0.497 e. The second-order valence-corrected chi connectivity index (χ2v) is 4.49. The molecule has 1 N–H and O–H groups in total. The Morgan fingerprint density at radius 3 is 2.32 bits per heavy atom. The van der Waals surface area contributed by atoms with Crippen LogP contribution in [0.15, 0.2) is 24.3 Å². The summed E-state index contributed by atoms with van der Waals surface area (Å²) in [7, 11) is 1.59. The van der Waals surface area contributed by atoms with Gasteiger partial charge in [-0.15, -0.1) is 0 Å². The van der Waals surface area contributed by atoms with E-state index in [1.807, 2.05) is 24.3 Å². The van der Waals surface area contributed by atoms with Crippen LogP contribution in [0.1, 0.15) is 19.4 Å². The number of carboxylic acids is 1. The van der Waals surface area contributed by atoms with Gasteiger partial charge < -0.3 is 14.7 Å². The van der Waals surface area contributed by atoms with Gasteiger partial charge in [0.25, 0.3) is 0 Å². The summed E-state index contributed by atoms with van der Waals surface area (Å²) in [6.45, 7) is 3.64. The van der Waals surface area contributed by atoms with Gasteiger partial charge in [-0.1, -0.05) is 19.1 Å². The maximum atomic E-state index is 11.5. The molecule has 1 amide bonds. The van der Waals surface area contributed by atoms with Crippen molar-refractivity contribution in [1.29, 1.82) is 0 Å². The summed E-state index contributed by atoms with van der Waals surface area (Å²) in [4.78, 5) is 23.9. The molecule has 1 unspecified atom stereocenters. The van der Waals surface area contributed by atoms with E-state index in [0.717, 1.165) is 11.3 Å². The molecule has 0 aliphatic heterocycles. The third-order valence-electron chi connectivity index (χ3n) is 2.89. The normalized spacial score (nSPS) is 11.7. The van der Waals surface area contributed by atoms with Crippen LogP contribution in [0.2, 0.25) is 0 Å². The van der Waals surface area contributed by atoms with Crippen LogP contribution in [0, 0.1) is 5.92 Å². The summed E-state index contributed by atoms with van der Waals surface area (Å²) < 4.78 is 5.06. The van der Waals surface area contributed by atoms with E-state index in [2.05, 4.69) is 0 Å². The first-order chi connectivity index (χ1) is 8.93. The lowest BCUT2D eigenvalue weighted by molar-refractivity contribution is -0.142. The van der Waals surface area contributed by atoms with Crippen molar-refractivity contribution in [2.45, 2.75) is 20.4 Å². The number of nitrogens with zero attached hydrogens (tertiary/aromatic N) is 1. The van der Waals surface area contributed by atoms with E-state index in [9.17, 15) is 9.59 Å². The molecule has 0 aliphatic carbocycles. The van der Waals surface area contributed by atoms with Gasteiger partial charge in [-0.2, -0.15) is 0 Å². The Balaban J connectivity index is 2.72. The molecule has 0 bridgehead atoms. The van der Waals surface area contributed by atoms with Crippen LogP contribution in [-0.4, -0.2) is 35.5 Å².